The van der Waals surface area contributed by atoms with Crippen molar-refractivity contribution < 1.29 is 18.7 Å². The summed E-state index contributed by atoms with van der Waals surface area (Å²) in [7, 11) is 0. The third kappa shape index (κ3) is 5.51. The summed E-state index contributed by atoms with van der Waals surface area (Å²) < 4.78 is 17.0. The lowest BCUT2D eigenvalue weighted by atomic mass is 10.2. The second-order valence-electron chi connectivity index (χ2n) is 9.53. The minimum atomic E-state index is -0.489. The first kappa shape index (κ1) is 23.5. The van der Waals surface area contributed by atoms with Crippen LogP contribution < -0.4 is 15.0 Å². The molecule has 1 aliphatic rings. The van der Waals surface area contributed by atoms with Crippen molar-refractivity contribution in [3.05, 3.63) is 66.9 Å². The van der Waals surface area contributed by atoms with Crippen molar-refractivity contribution >= 4 is 34.5 Å². The number of furan rings is 1. The summed E-state index contributed by atoms with van der Waals surface area (Å²) in [5.74, 6) is 1.42. The van der Waals surface area contributed by atoms with Gasteiger partial charge in [-0.3, -0.25) is 0 Å². The van der Waals surface area contributed by atoms with E-state index in [0.29, 0.717) is 41.8 Å². The molecule has 1 N–H and O–H groups in total. The molecular weight excluding hydrogens is 458 g/mol. The second-order valence-corrected chi connectivity index (χ2v) is 9.53. The molecular formula is C27H29N5O4. The van der Waals surface area contributed by atoms with E-state index in [0.717, 1.165) is 24.5 Å². The van der Waals surface area contributed by atoms with E-state index in [1.165, 1.54) is 0 Å². The van der Waals surface area contributed by atoms with Crippen molar-refractivity contribution in [1.29, 1.82) is 0 Å². The molecule has 186 valence electrons. The molecule has 1 saturated heterocycles. The molecule has 3 heterocycles. The molecule has 4 aromatic rings. The largest absolute Gasteiger partial charge is 0.457 e. The van der Waals surface area contributed by atoms with E-state index in [9.17, 15) is 4.79 Å². The minimum Gasteiger partial charge on any atom is -0.457 e. The van der Waals surface area contributed by atoms with E-state index in [2.05, 4.69) is 20.2 Å². The van der Waals surface area contributed by atoms with Gasteiger partial charge in [-0.2, -0.15) is 4.98 Å². The second kappa shape index (κ2) is 9.77. The average molecular weight is 488 g/mol. The van der Waals surface area contributed by atoms with Crippen LogP contribution in [0.5, 0.6) is 11.6 Å². The third-order valence-electron chi connectivity index (χ3n) is 5.65. The highest BCUT2D eigenvalue weighted by atomic mass is 16.6. The number of piperazine rings is 1. The van der Waals surface area contributed by atoms with Gasteiger partial charge in [0, 0.05) is 43.6 Å². The maximum atomic E-state index is 12.3. The SMILES string of the molecule is CC(C)(C)OC(=O)N1CCN(c2ccc(Nc3nc(Oc4ccccc4)c4occc4n3)cc2)CC1. The lowest BCUT2D eigenvalue weighted by molar-refractivity contribution is 0.0240. The molecule has 9 heteroatoms. The first-order valence-electron chi connectivity index (χ1n) is 11.9. The van der Waals surface area contributed by atoms with Gasteiger partial charge in [-0.15, -0.1) is 0 Å². The molecule has 1 fully saturated rings. The highest BCUT2D eigenvalue weighted by Crippen LogP contribution is 2.30. The highest BCUT2D eigenvalue weighted by molar-refractivity contribution is 5.79. The number of rotatable bonds is 5. The Labute approximate surface area is 209 Å². The molecule has 0 unspecified atom stereocenters. The number of benzene rings is 2. The predicted molar refractivity (Wildman–Crippen MR) is 138 cm³/mol. The lowest BCUT2D eigenvalue weighted by Gasteiger charge is -2.36. The van der Waals surface area contributed by atoms with Crippen LogP contribution in [0.2, 0.25) is 0 Å². The molecule has 0 spiro atoms. The van der Waals surface area contributed by atoms with Crippen molar-refractivity contribution in [2.45, 2.75) is 26.4 Å². The molecule has 0 radical (unpaired) electrons. The zero-order valence-electron chi connectivity index (χ0n) is 20.6. The average Bonchev–Trinajstić information content (AvgIpc) is 3.33. The number of nitrogens with one attached hydrogen (secondary N) is 1. The Bertz CT molecular complexity index is 1320. The van der Waals surface area contributed by atoms with Crippen LogP contribution in [0.25, 0.3) is 11.1 Å². The Hall–Kier alpha value is -4.27. The first-order valence-corrected chi connectivity index (χ1v) is 11.9. The maximum absolute atomic E-state index is 12.3. The van der Waals surface area contributed by atoms with E-state index in [1.54, 1.807) is 17.2 Å². The van der Waals surface area contributed by atoms with Gasteiger partial charge in [0.1, 0.15) is 16.9 Å². The van der Waals surface area contributed by atoms with Crippen LogP contribution in [-0.2, 0) is 4.74 Å². The smallest absolute Gasteiger partial charge is 0.410 e. The minimum absolute atomic E-state index is 0.257. The monoisotopic (exact) mass is 487 g/mol. The van der Waals surface area contributed by atoms with Crippen LogP contribution in [0.1, 0.15) is 20.8 Å². The van der Waals surface area contributed by atoms with Crippen LogP contribution >= 0.6 is 0 Å². The summed E-state index contributed by atoms with van der Waals surface area (Å²) in [6.45, 7) is 8.37. The number of fused-ring (bicyclic) bond motifs is 1. The Morgan fingerprint density at radius 2 is 1.67 bits per heavy atom. The van der Waals surface area contributed by atoms with E-state index in [1.807, 2.05) is 75.4 Å². The molecule has 2 aromatic heterocycles. The van der Waals surface area contributed by atoms with Crippen molar-refractivity contribution in [1.82, 2.24) is 14.9 Å². The summed E-state index contributed by atoms with van der Waals surface area (Å²) in [5, 5.41) is 3.25. The molecule has 5 rings (SSSR count). The maximum Gasteiger partial charge on any atom is 0.410 e. The number of nitrogens with zero attached hydrogens (tertiary/aromatic N) is 4. The Balaban J connectivity index is 1.24. The lowest BCUT2D eigenvalue weighted by Crippen LogP contribution is -2.50. The van der Waals surface area contributed by atoms with Gasteiger partial charge >= 0.3 is 6.09 Å². The van der Waals surface area contributed by atoms with Gasteiger partial charge in [-0.1, -0.05) is 18.2 Å². The van der Waals surface area contributed by atoms with Gasteiger partial charge in [0.25, 0.3) is 5.88 Å². The van der Waals surface area contributed by atoms with Gasteiger partial charge in [0.05, 0.1) is 6.26 Å². The van der Waals surface area contributed by atoms with Gasteiger partial charge in [-0.05, 0) is 57.2 Å². The molecule has 0 atom stereocenters. The van der Waals surface area contributed by atoms with Crippen LogP contribution in [0, 0.1) is 0 Å². The van der Waals surface area contributed by atoms with Gasteiger partial charge in [0.2, 0.25) is 11.5 Å². The van der Waals surface area contributed by atoms with Crippen molar-refractivity contribution in [2.24, 2.45) is 0 Å². The number of carbonyl (C=O) groups is 1. The molecule has 0 saturated carbocycles. The molecule has 1 aliphatic heterocycles. The van der Waals surface area contributed by atoms with E-state index >= 15 is 0 Å². The quantitative estimate of drug-likeness (QED) is 0.377. The van der Waals surface area contributed by atoms with E-state index < -0.39 is 5.60 Å². The molecule has 36 heavy (non-hydrogen) atoms. The van der Waals surface area contributed by atoms with Crippen LogP contribution in [0.3, 0.4) is 0 Å². The fraction of sp³-hybridized carbons (Fsp3) is 0.296. The fourth-order valence-corrected chi connectivity index (χ4v) is 3.92. The zero-order chi connectivity index (χ0) is 25.1. The van der Waals surface area contributed by atoms with Gasteiger partial charge in [0.15, 0.2) is 0 Å². The van der Waals surface area contributed by atoms with E-state index in [-0.39, 0.29) is 6.09 Å². The first-order chi connectivity index (χ1) is 17.3. The molecule has 1 amide bonds. The van der Waals surface area contributed by atoms with Gasteiger partial charge in [-0.25, -0.2) is 9.78 Å². The summed E-state index contributed by atoms with van der Waals surface area (Å²) >= 11 is 0. The van der Waals surface area contributed by atoms with Crippen LogP contribution in [0.4, 0.5) is 22.1 Å². The molecule has 0 aliphatic carbocycles. The molecule has 2 aromatic carbocycles. The van der Waals surface area contributed by atoms with Crippen molar-refractivity contribution in [2.75, 3.05) is 36.4 Å². The van der Waals surface area contributed by atoms with Crippen molar-refractivity contribution in [3.63, 3.8) is 0 Å². The standard InChI is InChI=1S/C27H29N5O4/c1-27(2,3)36-26(33)32-16-14-31(15-17-32)20-11-9-19(10-12-20)28-25-29-22-13-18-34-23(22)24(30-25)35-21-7-5-4-6-8-21/h4-13,18H,14-17H2,1-3H3,(H,28,29,30). The normalized spacial score (nSPS) is 14.1. The van der Waals surface area contributed by atoms with Crippen LogP contribution in [0.15, 0.2) is 71.3 Å². The van der Waals surface area contributed by atoms with Crippen molar-refractivity contribution in [3.8, 4) is 11.6 Å². The Morgan fingerprint density at radius 3 is 2.36 bits per heavy atom. The predicted octanol–water partition coefficient (Wildman–Crippen LogP) is 5.82. The number of hydrogen-bond acceptors (Lipinski definition) is 8. The van der Waals surface area contributed by atoms with E-state index in [4.69, 9.17) is 13.9 Å². The molecule has 9 nitrogen and oxygen atoms in total. The number of anilines is 3. The Kier molecular flexibility index (Phi) is 6.37. The Morgan fingerprint density at radius 1 is 0.944 bits per heavy atom. The third-order valence-corrected chi connectivity index (χ3v) is 5.65. The zero-order valence-corrected chi connectivity index (χ0v) is 20.6. The number of hydrogen-bond donors (Lipinski definition) is 1. The fourth-order valence-electron chi connectivity index (χ4n) is 3.92. The van der Waals surface area contributed by atoms with Gasteiger partial charge < -0.3 is 29.0 Å². The number of ether oxygens (including phenoxy) is 2. The summed E-state index contributed by atoms with van der Waals surface area (Å²) in [4.78, 5) is 25.4. The number of para-hydroxylation sites is 1. The summed E-state index contributed by atoms with van der Waals surface area (Å²) in [5.41, 5.74) is 2.59. The molecule has 0 bridgehead atoms. The number of carbonyl (C=O) groups excluding carboxylic acids is 1. The topological polar surface area (TPSA) is 93.0 Å². The number of amides is 1. The van der Waals surface area contributed by atoms with Crippen LogP contribution in [-0.4, -0.2) is 52.7 Å². The summed E-state index contributed by atoms with van der Waals surface area (Å²) in [6, 6.07) is 19.3. The summed E-state index contributed by atoms with van der Waals surface area (Å²) in [6.07, 6.45) is 1.31. The number of aromatic nitrogens is 2. The highest BCUT2D eigenvalue weighted by Gasteiger charge is 2.26.